The molecule has 0 aromatic heterocycles. The Labute approximate surface area is 151 Å². The van der Waals surface area contributed by atoms with Crippen molar-refractivity contribution < 1.29 is 22.3 Å². The van der Waals surface area contributed by atoms with E-state index in [4.69, 9.17) is 27.9 Å². The normalized spacial score (nSPS) is 45.0. The Hall–Kier alpha value is -0.780. The van der Waals surface area contributed by atoms with Gasteiger partial charge in [-0.1, -0.05) is 12.2 Å². The minimum atomic E-state index is -1.78. The molecule has 1 aliphatic heterocycles. The van der Waals surface area contributed by atoms with Crippen molar-refractivity contribution in [2.75, 3.05) is 0 Å². The molecule has 0 radical (unpaired) electrons. The number of ether oxygens (including phenoxy) is 1. The van der Waals surface area contributed by atoms with Crippen molar-refractivity contribution in [3.8, 4) is 0 Å². The minimum absolute atomic E-state index is 0.127. The van der Waals surface area contributed by atoms with Gasteiger partial charge >= 0.3 is 0 Å². The summed E-state index contributed by atoms with van der Waals surface area (Å²) in [6.07, 6.45) is 3.47. The quantitative estimate of drug-likeness (QED) is 0.151. The van der Waals surface area contributed by atoms with Gasteiger partial charge in [-0.15, -0.1) is 23.2 Å². The topological polar surface area (TPSA) is 12.5 Å². The molecule has 0 N–H and O–H groups in total. The van der Waals surface area contributed by atoms with E-state index in [1.807, 2.05) is 13.8 Å². The molecule has 1 spiro atoms. The number of rotatable bonds is 0. The maximum absolute atomic E-state index is 14.7. The van der Waals surface area contributed by atoms with Crippen LogP contribution in [0.5, 0.6) is 0 Å². The van der Waals surface area contributed by atoms with Gasteiger partial charge in [-0.2, -0.15) is 0 Å². The summed E-state index contributed by atoms with van der Waals surface area (Å²) in [5, 5.41) is -0.925. The molecule has 7 atom stereocenters. The highest BCUT2D eigenvalue weighted by molar-refractivity contribution is 6.24. The second-order valence-electron chi connectivity index (χ2n) is 7.87. The fourth-order valence-electron chi connectivity index (χ4n) is 5.83. The summed E-state index contributed by atoms with van der Waals surface area (Å²) in [5.74, 6) is -8.22. The molecule has 7 heteroatoms. The number of hydrogen-bond donors (Lipinski definition) is 0. The molecule has 3 aliphatic carbocycles. The van der Waals surface area contributed by atoms with E-state index in [2.05, 4.69) is 0 Å². The number of halogens is 6. The van der Waals surface area contributed by atoms with Crippen LogP contribution in [0.3, 0.4) is 0 Å². The van der Waals surface area contributed by atoms with Crippen molar-refractivity contribution in [1.82, 2.24) is 0 Å². The van der Waals surface area contributed by atoms with E-state index in [9.17, 15) is 17.6 Å². The second kappa shape index (κ2) is 4.55. The average Bonchev–Trinajstić information content (AvgIpc) is 2.86. The molecule has 2 fully saturated rings. The Kier molecular flexibility index (Phi) is 2.98. The molecule has 2 bridgehead atoms. The molecule has 5 rings (SSSR count). The summed E-state index contributed by atoms with van der Waals surface area (Å²) in [5.41, 5.74) is -1.87. The summed E-state index contributed by atoms with van der Waals surface area (Å²) in [7, 11) is 0. The van der Waals surface area contributed by atoms with Gasteiger partial charge in [-0.05, 0) is 25.7 Å². The SMILES string of the molecule is CC1(C)OC12[C@H]1c3c(F)c(F)c(F)c(F)c3[C@H]2[C@H]2[C@@H]1[C@H](Cl)C=C[C@@H]2Cl. The van der Waals surface area contributed by atoms with Crippen LogP contribution in [0.15, 0.2) is 12.2 Å². The van der Waals surface area contributed by atoms with Crippen LogP contribution in [-0.2, 0) is 4.74 Å². The van der Waals surface area contributed by atoms with E-state index in [-0.39, 0.29) is 23.0 Å². The van der Waals surface area contributed by atoms with E-state index in [0.717, 1.165) is 0 Å². The maximum Gasteiger partial charge on any atom is 0.197 e. The lowest BCUT2D eigenvalue weighted by Gasteiger charge is -2.38. The zero-order valence-corrected chi connectivity index (χ0v) is 14.8. The molecule has 0 amide bonds. The standard InChI is InChI=1S/C18H14Cl2F4O/c1-17(2)18(25-17)11-7-5(19)3-4-6(20)8(7)12(18)10-9(11)13(21)15(23)16(24)14(10)22/h3-8,11-12H,1-2H3/t5-,6+,7+,8-,11-,12-,18?/m1/s1. The average molecular weight is 393 g/mol. The first-order chi connectivity index (χ1) is 11.6. The summed E-state index contributed by atoms with van der Waals surface area (Å²) >= 11 is 12.9. The molecular weight excluding hydrogens is 379 g/mol. The zero-order valence-electron chi connectivity index (χ0n) is 13.3. The predicted molar refractivity (Wildman–Crippen MR) is 85.1 cm³/mol. The Morgan fingerprint density at radius 3 is 1.48 bits per heavy atom. The maximum atomic E-state index is 14.7. The highest BCUT2D eigenvalue weighted by Crippen LogP contribution is 2.79. The predicted octanol–water partition coefficient (Wildman–Crippen LogP) is 5.00. The molecular formula is C18H14Cl2F4O. The number of hydrogen-bond acceptors (Lipinski definition) is 1. The van der Waals surface area contributed by atoms with Crippen LogP contribution in [0.4, 0.5) is 17.6 Å². The van der Waals surface area contributed by atoms with Crippen molar-refractivity contribution in [2.45, 2.75) is 47.6 Å². The molecule has 1 aromatic carbocycles. The first kappa shape index (κ1) is 16.4. The molecule has 1 unspecified atom stereocenters. The lowest BCUT2D eigenvalue weighted by Crippen LogP contribution is -2.37. The Bertz CT molecular complexity index is 795. The van der Waals surface area contributed by atoms with Crippen LogP contribution in [0.25, 0.3) is 0 Å². The Balaban J connectivity index is 1.84. The van der Waals surface area contributed by atoms with Gasteiger partial charge < -0.3 is 4.74 Å². The third kappa shape index (κ3) is 1.58. The summed E-state index contributed by atoms with van der Waals surface area (Å²) < 4.78 is 63.2. The number of alkyl halides is 2. The highest BCUT2D eigenvalue weighted by atomic mass is 35.5. The third-order valence-corrected chi connectivity index (χ3v) is 7.51. The van der Waals surface area contributed by atoms with Crippen LogP contribution < -0.4 is 0 Å². The van der Waals surface area contributed by atoms with Crippen LogP contribution in [0, 0.1) is 35.1 Å². The van der Waals surface area contributed by atoms with Gasteiger partial charge in [-0.25, -0.2) is 17.6 Å². The summed E-state index contributed by atoms with van der Waals surface area (Å²) in [6, 6.07) is 0. The van der Waals surface area contributed by atoms with Crippen molar-refractivity contribution in [1.29, 1.82) is 0 Å². The van der Waals surface area contributed by atoms with E-state index in [0.29, 0.717) is 0 Å². The van der Waals surface area contributed by atoms with Gasteiger partial charge in [0.1, 0.15) is 5.60 Å². The van der Waals surface area contributed by atoms with Gasteiger partial charge in [0.15, 0.2) is 23.3 Å². The number of allylic oxidation sites excluding steroid dienone is 2. The van der Waals surface area contributed by atoms with Crippen molar-refractivity contribution in [2.24, 2.45) is 11.8 Å². The monoisotopic (exact) mass is 392 g/mol. The second-order valence-corrected chi connectivity index (χ2v) is 8.88. The van der Waals surface area contributed by atoms with E-state index >= 15 is 0 Å². The first-order valence-corrected chi connectivity index (χ1v) is 9.04. The fourth-order valence-corrected chi connectivity index (χ4v) is 6.63. The van der Waals surface area contributed by atoms with Gasteiger partial charge in [0.2, 0.25) is 0 Å². The van der Waals surface area contributed by atoms with Crippen LogP contribution in [0.1, 0.15) is 36.8 Å². The molecule has 134 valence electrons. The van der Waals surface area contributed by atoms with Crippen molar-refractivity contribution >= 4 is 23.2 Å². The summed E-state index contributed by atoms with van der Waals surface area (Å²) in [4.78, 5) is 0. The summed E-state index contributed by atoms with van der Waals surface area (Å²) in [6.45, 7) is 3.64. The molecule has 4 aliphatic rings. The van der Waals surface area contributed by atoms with E-state index < -0.39 is 57.1 Å². The third-order valence-electron chi connectivity index (χ3n) is 6.64. The molecule has 25 heavy (non-hydrogen) atoms. The largest absolute Gasteiger partial charge is 0.362 e. The molecule has 1 aromatic rings. The lowest BCUT2D eigenvalue weighted by atomic mass is 9.70. The first-order valence-electron chi connectivity index (χ1n) is 8.17. The Morgan fingerprint density at radius 2 is 1.16 bits per heavy atom. The Morgan fingerprint density at radius 1 is 0.800 bits per heavy atom. The molecule has 1 saturated heterocycles. The van der Waals surface area contributed by atoms with Crippen molar-refractivity contribution in [3.05, 3.63) is 46.5 Å². The minimum Gasteiger partial charge on any atom is -0.362 e. The molecule has 1 nitrogen and oxygen atoms in total. The van der Waals surface area contributed by atoms with Gasteiger partial charge in [0.05, 0.1) is 16.4 Å². The number of fused-ring (bicyclic) bond motifs is 6. The van der Waals surface area contributed by atoms with Gasteiger partial charge in [0.25, 0.3) is 0 Å². The van der Waals surface area contributed by atoms with Crippen LogP contribution >= 0.6 is 23.2 Å². The number of benzene rings is 1. The van der Waals surface area contributed by atoms with Crippen molar-refractivity contribution in [3.63, 3.8) is 0 Å². The molecule has 1 saturated carbocycles. The number of epoxide rings is 1. The van der Waals surface area contributed by atoms with Gasteiger partial charge in [0, 0.05) is 23.0 Å². The lowest BCUT2D eigenvalue weighted by molar-refractivity contribution is 0.251. The van der Waals surface area contributed by atoms with E-state index in [1.165, 1.54) is 0 Å². The highest BCUT2D eigenvalue weighted by Gasteiger charge is 2.83. The van der Waals surface area contributed by atoms with E-state index in [1.54, 1.807) is 12.2 Å². The van der Waals surface area contributed by atoms with Crippen LogP contribution in [0.2, 0.25) is 0 Å². The van der Waals surface area contributed by atoms with Crippen LogP contribution in [-0.4, -0.2) is 22.0 Å². The molecule has 1 heterocycles. The zero-order chi connectivity index (χ0) is 18.0. The van der Waals surface area contributed by atoms with Gasteiger partial charge in [-0.3, -0.25) is 0 Å². The fraction of sp³-hybridized carbons (Fsp3) is 0.556. The smallest absolute Gasteiger partial charge is 0.197 e.